The molecule has 0 aliphatic rings. The summed E-state index contributed by atoms with van der Waals surface area (Å²) in [6, 6.07) is 5.73. The summed E-state index contributed by atoms with van der Waals surface area (Å²) in [5.74, 6) is -1.50. The molecular weight excluding hydrogens is 310 g/mol. The monoisotopic (exact) mass is 333 g/mol. The zero-order valence-corrected chi connectivity index (χ0v) is 13.7. The first-order chi connectivity index (χ1) is 11.4. The van der Waals surface area contributed by atoms with E-state index in [0.717, 1.165) is 16.5 Å². The molecule has 0 saturated heterocycles. The summed E-state index contributed by atoms with van der Waals surface area (Å²) in [4.78, 5) is 26.7. The van der Waals surface area contributed by atoms with Gasteiger partial charge in [0, 0.05) is 23.5 Å². The van der Waals surface area contributed by atoms with Gasteiger partial charge in [0.1, 0.15) is 12.1 Å². The van der Waals surface area contributed by atoms with Crippen LogP contribution in [0.2, 0.25) is 0 Å². The summed E-state index contributed by atoms with van der Waals surface area (Å²) < 4.78 is 0. The number of carbonyl (C=O) groups is 2. The number of rotatable bonds is 8. The van der Waals surface area contributed by atoms with Crippen LogP contribution >= 0.6 is 0 Å². The lowest BCUT2D eigenvalue weighted by Gasteiger charge is -2.20. The van der Waals surface area contributed by atoms with E-state index in [4.69, 9.17) is 0 Å². The Hall–Kier alpha value is -2.38. The average Bonchev–Trinajstić information content (AvgIpc) is 2.94. The highest BCUT2D eigenvalue weighted by molar-refractivity contribution is 5.88. The van der Waals surface area contributed by atoms with Gasteiger partial charge in [0.15, 0.2) is 0 Å². The number of hydrogen-bond acceptors (Lipinski definition) is 4. The SMILES string of the molecule is CC(C)C[C@H](NC(=O)[C@H](Cc1c[nH]c2ccccc12)NO)C(=O)O. The van der Waals surface area contributed by atoms with Crippen LogP contribution in [0.5, 0.6) is 0 Å². The van der Waals surface area contributed by atoms with E-state index in [-0.39, 0.29) is 12.3 Å². The Morgan fingerprint density at radius 3 is 2.54 bits per heavy atom. The quantitative estimate of drug-likeness (QED) is 0.472. The van der Waals surface area contributed by atoms with Crippen LogP contribution in [0.25, 0.3) is 10.9 Å². The van der Waals surface area contributed by atoms with Gasteiger partial charge in [-0.3, -0.25) is 4.79 Å². The van der Waals surface area contributed by atoms with E-state index in [1.807, 2.05) is 43.6 Å². The zero-order chi connectivity index (χ0) is 17.7. The lowest BCUT2D eigenvalue weighted by molar-refractivity contribution is -0.143. The summed E-state index contributed by atoms with van der Waals surface area (Å²) in [5, 5.41) is 22.0. The number of H-pyrrole nitrogens is 1. The number of carboxylic acid groups (broad SMARTS) is 1. The number of amides is 1. The molecule has 0 radical (unpaired) electrons. The van der Waals surface area contributed by atoms with Gasteiger partial charge in [-0.2, -0.15) is 5.48 Å². The topological polar surface area (TPSA) is 114 Å². The molecule has 2 rings (SSSR count). The molecule has 0 fully saturated rings. The zero-order valence-electron chi connectivity index (χ0n) is 13.7. The molecule has 0 unspecified atom stereocenters. The second-order valence-corrected chi connectivity index (χ2v) is 6.27. The lowest BCUT2D eigenvalue weighted by atomic mass is 10.0. The van der Waals surface area contributed by atoms with Crippen molar-refractivity contribution in [3.8, 4) is 0 Å². The van der Waals surface area contributed by atoms with Crippen molar-refractivity contribution < 1.29 is 19.9 Å². The van der Waals surface area contributed by atoms with E-state index >= 15 is 0 Å². The van der Waals surface area contributed by atoms with Gasteiger partial charge in [-0.15, -0.1) is 0 Å². The maximum atomic E-state index is 12.3. The molecule has 1 heterocycles. The summed E-state index contributed by atoms with van der Waals surface area (Å²) in [7, 11) is 0. The van der Waals surface area contributed by atoms with Crippen molar-refractivity contribution in [2.24, 2.45) is 5.92 Å². The first-order valence-electron chi connectivity index (χ1n) is 7.90. The molecule has 130 valence electrons. The van der Waals surface area contributed by atoms with Gasteiger partial charge >= 0.3 is 5.97 Å². The number of carboxylic acids is 1. The first-order valence-corrected chi connectivity index (χ1v) is 7.90. The van der Waals surface area contributed by atoms with E-state index < -0.39 is 24.0 Å². The maximum absolute atomic E-state index is 12.3. The fraction of sp³-hybridized carbons (Fsp3) is 0.412. The van der Waals surface area contributed by atoms with Crippen LogP contribution < -0.4 is 10.8 Å². The minimum absolute atomic E-state index is 0.126. The van der Waals surface area contributed by atoms with Crippen LogP contribution in [0.3, 0.4) is 0 Å². The third kappa shape index (κ3) is 4.33. The number of aromatic nitrogens is 1. The van der Waals surface area contributed by atoms with Crippen molar-refractivity contribution in [3.05, 3.63) is 36.0 Å². The van der Waals surface area contributed by atoms with E-state index in [0.29, 0.717) is 6.42 Å². The smallest absolute Gasteiger partial charge is 0.326 e. The second-order valence-electron chi connectivity index (χ2n) is 6.27. The van der Waals surface area contributed by atoms with E-state index in [1.54, 1.807) is 6.20 Å². The summed E-state index contributed by atoms with van der Waals surface area (Å²) in [5.41, 5.74) is 3.79. The number of carbonyl (C=O) groups excluding carboxylic acids is 1. The number of aromatic amines is 1. The fourth-order valence-electron chi connectivity index (χ4n) is 2.68. The van der Waals surface area contributed by atoms with Gasteiger partial charge in [0.05, 0.1) is 0 Å². The standard InChI is InChI=1S/C17H23N3O4/c1-10(2)7-15(17(22)23)19-16(21)14(20-24)8-11-9-18-13-6-4-3-5-12(11)13/h3-6,9-10,14-15,18,20,24H,7-8H2,1-2H3,(H,19,21)(H,22,23)/t14-,15-/m0/s1. The van der Waals surface area contributed by atoms with E-state index in [1.165, 1.54) is 0 Å². The van der Waals surface area contributed by atoms with Gasteiger partial charge in [-0.1, -0.05) is 32.0 Å². The highest BCUT2D eigenvalue weighted by Crippen LogP contribution is 2.19. The van der Waals surface area contributed by atoms with Gasteiger partial charge in [0.25, 0.3) is 0 Å². The van der Waals surface area contributed by atoms with Gasteiger partial charge in [-0.25, -0.2) is 4.79 Å². The highest BCUT2D eigenvalue weighted by Gasteiger charge is 2.26. The molecule has 1 aromatic carbocycles. The Balaban J connectivity index is 2.09. The van der Waals surface area contributed by atoms with E-state index in [2.05, 4.69) is 10.3 Å². The minimum Gasteiger partial charge on any atom is -0.480 e. The summed E-state index contributed by atoms with van der Waals surface area (Å²) in [6.45, 7) is 3.77. The first kappa shape index (κ1) is 18.0. The number of fused-ring (bicyclic) bond motifs is 1. The van der Waals surface area contributed by atoms with Crippen molar-refractivity contribution in [1.82, 2.24) is 15.8 Å². The van der Waals surface area contributed by atoms with Gasteiger partial charge < -0.3 is 20.6 Å². The van der Waals surface area contributed by atoms with Crippen molar-refractivity contribution in [1.29, 1.82) is 0 Å². The third-order valence-electron chi connectivity index (χ3n) is 3.89. The van der Waals surface area contributed by atoms with Crippen LogP contribution in [-0.2, 0) is 16.0 Å². The Kier molecular flexibility index (Phi) is 5.94. The van der Waals surface area contributed by atoms with Crippen LogP contribution in [-0.4, -0.2) is 39.3 Å². The lowest BCUT2D eigenvalue weighted by Crippen LogP contribution is -2.50. The molecule has 0 saturated carbocycles. The van der Waals surface area contributed by atoms with Crippen LogP contribution in [0.15, 0.2) is 30.5 Å². The fourth-order valence-corrected chi connectivity index (χ4v) is 2.68. The Morgan fingerprint density at radius 1 is 1.21 bits per heavy atom. The molecule has 1 amide bonds. The summed E-state index contributed by atoms with van der Waals surface area (Å²) >= 11 is 0. The number of hydroxylamine groups is 1. The van der Waals surface area contributed by atoms with Crippen molar-refractivity contribution in [2.45, 2.75) is 38.8 Å². The molecule has 5 N–H and O–H groups in total. The number of aliphatic carboxylic acids is 1. The largest absolute Gasteiger partial charge is 0.480 e. The Morgan fingerprint density at radius 2 is 1.92 bits per heavy atom. The molecular formula is C17H23N3O4. The predicted octanol–water partition coefficient (Wildman–Crippen LogP) is 1.67. The molecule has 0 spiro atoms. The van der Waals surface area contributed by atoms with Crippen molar-refractivity contribution in [3.63, 3.8) is 0 Å². The third-order valence-corrected chi connectivity index (χ3v) is 3.89. The predicted molar refractivity (Wildman–Crippen MR) is 89.7 cm³/mol. The highest BCUT2D eigenvalue weighted by atomic mass is 16.5. The molecule has 24 heavy (non-hydrogen) atoms. The van der Waals surface area contributed by atoms with Crippen LogP contribution in [0, 0.1) is 5.92 Å². The van der Waals surface area contributed by atoms with Gasteiger partial charge in [0.2, 0.25) is 5.91 Å². The molecule has 0 aliphatic carbocycles. The van der Waals surface area contributed by atoms with Crippen molar-refractivity contribution >= 4 is 22.8 Å². The van der Waals surface area contributed by atoms with Crippen molar-refractivity contribution in [2.75, 3.05) is 0 Å². The number of hydrogen-bond donors (Lipinski definition) is 5. The average molecular weight is 333 g/mol. The molecule has 0 bridgehead atoms. The molecule has 7 nitrogen and oxygen atoms in total. The van der Waals surface area contributed by atoms with Gasteiger partial charge in [-0.05, 0) is 24.0 Å². The van der Waals surface area contributed by atoms with Crippen LogP contribution in [0.1, 0.15) is 25.8 Å². The molecule has 2 aromatic rings. The molecule has 2 atom stereocenters. The van der Waals surface area contributed by atoms with E-state index in [9.17, 15) is 19.9 Å². The second kappa shape index (κ2) is 7.94. The molecule has 0 aliphatic heterocycles. The maximum Gasteiger partial charge on any atom is 0.326 e. The van der Waals surface area contributed by atoms with Crippen LogP contribution in [0.4, 0.5) is 0 Å². The minimum atomic E-state index is -1.08. The number of para-hydroxylation sites is 1. The molecule has 1 aromatic heterocycles. The Bertz CT molecular complexity index is 711. The Labute approximate surface area is 140 Å². The number of benzene rings is 1. The summed E-state index contributed by atoms with van der Waals surface area (Å²) in [6.07, 6.45) is 2.34. The number of nitrogens with one attached hydrogen (secondary N) is 3. The molecule has 7 heteroatoms. The normalized spacial score (nSPS) is 13.8.